The van der Waals surface area contributed by atoms with Gasteiger partial charge in [0.1, 0.15) is 0 Å². The molecule has 0 radical (unpaired) electrons. The summed E-state index contributed by atoms with van der Waals surface area (Å²) in [5.74, 6) is 0. The first-order valence-electron chi connectivity index (χ1n) is 5.05. The summed E-state index contributed by atoms with van der Waals surface area (Å²) in [5, 5.41) is 9.05. The van der Waals surface area contributed by atoms with Crippen LogP contribution in [0.3, 0.4) is 0 Å². The lowest BCUT2D eigenvalue weighted by Gasteiger charge is -2.20. The van der Waals surface area contributed by atoms with Gasteiger partial charge in [0, 0.05) is 21.7 Å². The molecule has 0 aliphatic rings. The lowest BCUT2D eigenvalue weighted by molar-refractivity contribution is 0.209. The van der Waals surface area contributed by atoms with Crippen LogP contribution in [0.2, 0.25) is 0 Å². The van der Waals surface area contributed by atoms with Crippen LogP contribution in [0.1, 0.15) is 30.0 Å². The van der Waals surface area contributed by atoms with Gasteiger partial charge in [-0.25, -0.2) is 0 Å². The van der Waals surface area contributed by atoms with Gasteiger partial charge in [-0.15, -0.1) is 11.3 Å². The molecule has 0 saturated carbocycles. The van der Waals surface area contributed by atoms with Crippen molar-refractivity contribution < 1.29 is 5.11 Å². The predicted octanol–water partition coefficient (Wildman–Crippen LogP) is 1.95. The van der Waals surface area contributed by atoms with E-state index in [0.29, 0.717) is 0 Å². The van der Waals surface area contributed by atoms with Crippen molar-refractivity contribution in [1.82, 2.24) is 0 Å². The molecule has 0 aliphatic carbocycles. The summed E-state index contributed by atoms with van der Waals surface area (Å²) < 4.78 is 0. The summed E-state index contributed by atoms with van der Waals surface area (Å²) in [4.78, 5) is 2.68. The van der Waals surface area contributed by atoms with E-state index in [2.05, 4.69) is 19.1 Å². The molecule has 0 aliphatic heterocycles. The SMILES string of the molecule is CCCc1ccc(CC(C)(N)CO)s1. The number of aliphatic hydroxyl groups excluding tert-OH is 1. The Kier molecular flexibility index (Phi) is 4.11. The largest absolute Gasteiger partial charge is 0.394 e. The third-order valence-corrected chi connectivity index (χ3v) is 3.30. The molecule has 1 aromatic rings. The van der Waals surface area contributed by atoms with Crippen LogP contribution in [0.4, 0.5) is 0 Å². The Balaban J connectivity index is 2.59. The number of aryl methyl sites for hydroxylation is 1. The van der Waals surface area contributed by atoms with Crippen molar-refractivity contribution in [2.75, 3.05) is 6.61 Å². The van der Waals surface area contributed by atoms with E-state index in [1.165, 1.54) is 16.2 Å². The zero-order valence-electron chi connectivity index (χ0n) is 8.92. The van der Waals surface area contributed by atoms with Crippen LogP contribution >= 0.6 is 11.3 Å². The Hall–Kier alpha value is -0.380. The molecule has 1 atom stereocenters. The molecule has 0 saturated heterocycles. The fourth-order valence-corrected chi connectivity index (χ4v) is 2.67. The van der Waals surface area contributed by atoms with Crippen molar-refractivity contribution in [1.29, 1.82) is 0 Å². The van der Waals surface area contributed by atoms with E-state index in [0.717, 1.165) is 12.8 Å². The van der Waals surface area contributed by atoms with Crippen LogP contribution < -0.4 is 5.73 Å². The molecule has 1 heterocycles. The van der Waals surface area contributed by atoms with E-state index < -0.39 is 5.54 Å². The van der Waals surface area contributed by atoms with E-state index in [9.17, 15) is 0 Å². The van der Waals surface area contributed by atoms with Gasteiger partial charge in [-0.3, -0.25) is 0 Å². The monoisotopic (exact) mass is 213 g/mol. The predicted molar refractivity (Wildman–Crippen MR) is 61.7 cm³/mol. The van der Waals surface area contributed by atoms with Crippen molar-refractivity contribution in [3.8, 4) is 0 Å². The zero-order chi connectivity index (χ0) is 10.6. The normalized spacial score (nSPS) is 15.4. The molecule has 1 aromatic heterocycles. The summed E-state index contributed by atoms with van der Waals surface area (Å²) in [5.41, 5.74) is 5.41. The zero-order valence-corrected chi connectivity index (χ0v) is 9.73. The second-order valence-corrected chi connectivity index (χ2v) is 5.36. The van der Waals surface area contributed by atoms with E-state index >= 15 is 0 Å². The number of aliphatic hydroxyl groups is 1. The Bertz CT molecular complexity index is 281. The quantitative estimate of drug-likeness (QED) is 0.785. The molecule has 0 fully saturated rings. The highest BCUT2D eigenvalue weighted by molar-refractivity contribution is 7.12. The summed E-state index contributed by atoms with van der Waals surface area (Å²) in [7, 11) is 0. The highest BCUT2D eigenvalue weighted by atomic mass is 32.1. The molecule has 80 valence electrons. The summed E-state index contributed by atoms with van der Waals surface area (Å²) >= 11 is 1.81. The lowest BCUT2D eigenvalue weighted by Crippen LogP contribution is -2.42. The average Bonchev–Trinajstić information content (AvgIpc) is 2.53. The van der Waals surface area contributed by atoms with Gasteiger partial charge in [-0.05, 0) is 25.5 Å². The van der Waals surface area contributed by atoms with Crippen LogP contribution in [0.15, 0.2) is 12.1 Å². The van der Waals surface area contributed by atoms with Crippen molar-refractivity contribution >= 4 is 11.3 Å². The third kappa shape index (κ3) is 3.40. The Labute approximate surface area is 89.8 Å². The number of hydrogen-bond donors (Lipinski definition) is 2. The van der Waals surface area contributed by atoms with E-state index in [1.54, 1.807) is 0 Å². The van der Waals surface area contributed by atoms with Crippen molar-refractivity contribution in [2.24, 2.45) is 5.73 Å². The van der Waals surface area contributed by atoms with E-state index in [4.69, 9.17) is 10.8 Å². The minimum absolute atomic E-state index is 0.0357. The molecular formula is C11H19NOS. The van der Waals surface area contributed by atoms with Crippen LogP contribution in [-0.4, -0.2) is 17.3 Å². The van der Waals surface area contributed by atoms with Crippen LogP contribution in [0.5, 0.6) is 0 Å². The Morgan fingerprint density at radius 1 is 1.43 bits per heavy atom. The first-order chi connectivity index (χ1) is 6.57. The molecule has 1 rings (SSSR count). The smallest absolute Gasteiger partial charge is 0.0612 e. The summed E-state index contributed by atoms with van der Waals surface area (Å²) in [6.07, 6.45) is 3.09. The van der Waals surface area contributed by atoms with Crippen molar-refractivity contribution in [3.05, 3.63) is 21.9 Å². The standard InChI is InChI=1S/C11H19NOS/c1-3-4-9-5-6-10(14-9)7-11(2,12)8-13/h5-6,13H,3-4,7-8,12H2,1-2H3. The molecule has 14 heavy (non-hydrogen) atoms. The molecule has 3 N–H and O–H groups in total. The molecule has 0 spiro atoms. The van der Waals surface area contributed by atoms with Crippen LogP contribution in [0, 0.1) is 0 Å². The van der Waals surface area contributed by atoms with Crippen molar-refractivity contribution in [2.45, 2.75) is 38.6 Å². The fraction of sp³-hybridized carbons (Fsp3) is 0.636. The number of thiophene rings is 1. The summed E-state index contributed by atoms with van der Waals surface area (Å²) in [6, 6.07) is 4.29. The maximum Gasteiger partial charge on any atom is 0.0612 e. The minimum atomic E-state index is -0.478. The molecule has 0 amide bonds. The van der Waals surface area contributed by atoms with Gasteiger partial charge < -0.3 is 10.8 Å². The van der Waals surface area contributed by atoms with Gasteiger partial charge in [0.2, 0.25) is 0 Å². The van der Waals surface area contributed by atoms with E-state index in [-0.39, 0.29) is 6.61 Å². The Morgan fingerprint density at radius 2 is 2.07 bits per heavy atom. The van der Waals surface area contributed by atoms with E-state index in [1.807, 2.05) is 18.3 Å². The number of nitrogens with two attached hydrogens (primary N) is 1. The fourth-order valence-electron chi connectivity index (χ4n) is 1.35. The van der Waals surface area contributed by atoms with Gasteiger partial charge in [-0.1, -0.05) is 13.3 Å². The second-order valence-electron chi connectivity index (χ2n) is 4.11. The minimum Gasteiger partial charge on any atom is -0.394 e. The highest BCUT2D eigenvalue weighted by Gasteiger charge is 2.18. The maximum absolute atomic E-state index is 9.05. The lowest BCUT2D eigenvalue weighted by atomic mass is 10.00. The van der Waals surface area contributed by atoms with Gasteiger partial charge in [0.05, 0.1) is 6.61 Å². The molecule has 2 nitrogen and oxygen atoms in total. The van der Waals surface area contributed by atoms with Gasteiger partial charge in [0.25, 0.3) is 0 Å². The number of hydrogen-bond acceptors (Lipinski definition) is 3. The van der Waals surface area contributed by atoms with Crippen LogP contribution in [0.25, 0.3) is 0 Å². The molecule has 3 heteroatoms. The first kappa shape index (κ1) is 11.7. The van der Waals surface area contributed by atoms with Gasteiger partial charge >= 0.3 is 0 Å². The first-order valence-corrected chi connectivity index (χ1v) is 5.86. The highest BCUT2D eigenvalue weighted by Crippen LogP contribution is 2.21. The molecular weight excluding hydrogens is 194 g/mol. The molecule has 1 unspecified atom stereocenters. The third-order valence-electron chi connectivity index (χ3n) is 2.15. The Morgan fingerprint density at radius 3 is 2.64 bits per heavy atom. The summed E-state index contributed by atoms with van der Waals surface area (Å²) in [6.45, 7) is 4.10. The topological polar surface area (TPSA) is 46.2 Å². The van der Waals surface area contributed by atoms with Gasteiger partial charge in [0.15, 0.2) is 0 Å². The average molecular weight is 213 g/mol. The van der Waals surface area contributed by atoms with Crippen molar-refractivity contribution in [3.63, 3.8) is 0 Å². The molecule has 0 aromatic carbocycles. The maximum atomic E-state index is 9.05. The molecule has 0 bridgehead atoms. The number of rotatable bonds is 5. The van der Waals surface area contributed by atoms with Crippen LogP contribution in [-0.2, 0) is 12.8 Å². The second kappa shape index (κ2) is 4.91. The van der Waals surface area contributed by atoms with Gasteiger partial charge in [-0.2, -0.15) is 0 Å².